The zero-order chi connectivity index (χ0) is 9.68. The highest BCUT2D eigenvalue weighted by molar-refractivity contribution is 5.98. The molecule has 0 bridgehead atoms. The van der Waals surface area contributed by atoms with E-state index in [0.29, 0.717) is 0 Å². The molecule has 0 radical (unpaired) electrons. The summed E-state index contributed by atoms with van der Waals surface area (Å²) in [5.74, 6) is 1.04. The summed E-state index contributed by atoms with van der Waals surface area (Å²) in [6, 6.07) is 10.2. The van der Waals surface area contributed by atoms with E-state index in [9.17, 15) is 0 Å². The van der Waals surface area contributed by atoms with Gasteiger partial charge >= 0.3 is 0 Å². The Morgan fingerprint density at radius 3 is 2.38 bits per heavy atom. The average Bonchev–Trinajstić information content (AvgIpc) is 2.20. The normalized spacial score (nSPS) is 11.5. The summed E-state index contributed by atoms with van der Waals surface area (Å²) in [6.07, 6.45) is 0. The van der Waals surface area contributed by atoms with Crippen molar-refractivity contribution in [2.75, 3.05) is 20.6 Å². The van der Waals surface area contributed by atoms with Crippen LogP contribution in [0.5, 0.6) is 0 Å². The lowest BCUT2D eigenvalue weighted by Gasteiger charge is -2.18. The minimum absolute atomic E-state index is 0.974. The van der Waals surface area contributed by atoms with Crippen LogP contribution in [-0.2, 0) is 0 Å². The standard InChI is InChI=1S/C11H16N2/c1-4-13(3)11(12-2)10-8-6-5-7-9-10/h5-9H,4H2,1-3H3. The summed E-state index contributed by atoms with van der Waals surface area (Å²) in [5.41, 5.74) is 1.18. The summed E-state index contributed by atoms with van der Waals surface area (Å²) in [5, 5.41) is 0. The largest absolute Gasteiger partial charge is 0.360 e. The molecule has 0 atom stereocenters. The van der Waals surface area contributed by atoms with E-state index < -0.39 is 0 Å². The Bertz CT molecular complexity index is 277. The van der Waals surface area contributed by atoms with Crippen molar-refractivity contribution in [1.82, 2.24) is 4.90 Å². The number of aliphatic imine (C=N–C) groups is 1. The lowest BCUT2D eigenvalue weighted by molar-refractivity contribution is 0.535. The van der Waals surface area contributed by atoms with Gasteiger partial charge < -0.3 is 4.90 Å². The number of nitrogens with zero attached hydrogens (tertiary/aromatic N) is 2. The van der Waals surface area contributed by atoms with Crippen LogP contribution in [0.25, 0.3) is 0 Å². The highest BCUT2D eigenvalue weighted by Gasteiger charge is 2.04. The molecule has 1 rings (SSSR count). The predicted molar refractivity (Wildman–Crippen MR) is 57.2 cm³/mol. The first-order valence-electron chi connectivity index (χ1n) is 4.53. The van der Waals surface area contributed by atoms with Gasteiger partial charge in [-0.2, -0.15) is 0 Å². The van der Waals surface area contributed by atoms with Gasteiger partial charge in [0, 0.05) is 26.2 Å². The van der Waals surface area contributed by atoms with Crippen LogP contribution in [0.3, 0.4) is 0 Å². The average molecular weight is 176 g/mol. The summed E-state index contributed by atoms with van der Waals surface area (Å²) in [4.78, 5) is 6.41. The molecule has 2 nitrogen and oxygen atoms in total. The quantitative estimate of drug-likeness (QED) is 0.497. The van der Waals surface area contributed by atoms with Gasteiger partial charge in [-0.25, -0.2) is 0 Å². The fourth-order valence-corrected chi connectivity index (χ4v) is 1.26. The first kappa shape index (κ1) is 9.78. The van der Waals surface area contributed by atoms with Crippen molar-refractivity contribution in [3.63, 3.8) is 0 Å². The van der Waals surface area contributed by atoms with E-state index in [4.69, 9.17) is 0 Å². The Kier molecular flexibility index (Phi) is 3.50. The Labute approximate surface area is 79.9 Å². The number of benzene rings is 1. The van der Waals surface area contributed by atoms with E-state index in [-0.39, 0.29) is 0 Å². The molecule has 0 fully saturated rings. The third kappa shape index (κ3) is 2.31. The zero-order valence-corrected chi connectivity index (χ0v) is 8.49. The smallest absolute Gasteiger partial charge is 0.130 e. The second-order valence-corrected chi connectivity index (χ2v) is 2.93. The van der Waals surface area contributed by atoms with E-state index >= 15 is 0 Å². The number of hydrogen-bond donors (Lipinski definition) is 0. The van der Waals surface area contributed by atoms with Crippen molar-refractivity contribution in [3.8, 4) is 0 Å². The molecule has 0 aliphatic rings. The second-order valence-electron chi connectivity index (χ2n) is 2.93. The molecular weight excluding hydrogens is 160 g/mol. The van der Waals surface area contributed by atoms with Gasteiger partial charge in [-0.3, -0.25) is 4.99 Å². The lowest BCUT2D eigenvalue weighted by Crippen LogP contribution is -2.27. The van der Waals surface area contributed by atoms with Crippen LogP contribution < -0.4 is 0 Å². The van der Waals surface area contributed by atoms with Gasteiger partial charge in [-0.1, -0.05) is 30.3 Å². The second kappa shape index (κ2) is 4.65. The molecule has 0 aliphatic carbocycles. The molecule has 13 heavy (non-hydrogen) atoms. The first-order chi connectivity index (χ1) is 6.29. The topological polar surface area (TPSA) is 15.6 Å². The molecule has 0 aliphatic heterocycles. The zero-order valence-electron chi connectivity index (χ0n) is 8.49. The third-order valence-electron chi connectivity index (χ3n) is 2.08. The molecule has 0 aromatic heterocycles. The fraction of sp³-hybridized carbons (Fsp3) is 0.364. The van der Waals surface area contributed by atoms with Crippen molar-refractivity contribution in [2.45, 2.75) is 6.92 Å². The van der Waals surface area contributed by atoms with Gasteiger partial charge in [0.25, 0.3) is 0 Å². The van der Waals surface area contributed by atoms with E-state index in [1.54, 1.807) is 0 Å². The van der Waals surface area contributed by atoms with Crippen LogP contribution in [0.2, 0.25) is 0 Å². The molecule has 2 heteroatoms. The molecule has 0 heterocycles. The minimum atomic E-state index is 0.974. The predicted octanol–water partition coefficient (Wildman–Crippen LogP) is 2.01. The highest BCUT2D eigenvalue weighted by atomic mass is 15.1. The fourth-order valence-electron chi connectivity index (χ4n) is 1.26. The van der Waals surface area contributed by atoms with Crippen molar-refractivity contribution in [3.05, 3.63) is 35.9 Å². The van der Waals surface area contributed by atoms with Crippen molar-refractivity contribution in [2.24, 2.45) is 4.99 Å². The molecule has 0 amide bonds. The van der Waals surface area contributed by atoms with Crippen LogP contribution in [-0.4, -0.2) is 31.4 Å². The molecule has 1 aromatic carbocycles. The molecular formula is C11H16N2. The number of rotatable bonds is 2. The summed E-state index contributed by atoms with van der Waals surface area (Å²) in [6.45, 7) is 3.09. The van der Waals surface area contributed by atoms with Gasteiger partial charge in [-0.15, -0.1) is 0 Å². The van der Waals surface area contributed by atoms with Gasteiger partial charge in [-0.05, 0) is 6.92 Å². The molecule has 0 saturated carbocycles. The van der Waals surface area contributed by atoms with Crippen LogP contribution >= 0.6 is 0 Å². The maximum absolute atomic E-state index is 4.27. The number of amidine groups is 1. The molecule has 0 spiro atoms. The van der Waals surface area contributed by atoms with Crippen LogP contribution in [0.4, 0.5) is 0 Å². The lowest BCUT2D eigenvalue weighted by atomic mass is 10.2. The van der Waals surface area contributed by atoms with Gasteiger partial charge in [0.2, 0.25) is 0 Å². The van der Waals surface area contributed by atoms with Crippen LogP contribution in [0, 0.1) is 0 Å². The van der Waals surface area contributed by atoms with E-state index in [1.807, 2.05) is 25.2 Å². The number of hydrogen-bond acceptors (Lipinski definition) is 1. The third-order valence-corrected chi connectivity index (χ3v) is 2.08. The van der Waals surface area contributed by atoms with Gasteiger partial charge in [0.05, 0.1) is 0 Å². The van der Waals surface area contributed by atoms with E-state index in [0.717, 1.165) is 12.4 Å². The Morgan fingerprint density at radius 1 is 1.31 bits per heavy atom. The monoisotopic (exact) mass is 176 g/mol. The van der Waals surface area contributed by atoms with Crippen LogP contribution in [0.1, 0.15) is 12.5 Å². The van der Waals surface area contributed by atoms with E-state index in [2.05, 4.69) is 36.0 Å². The van der Waals surface area contributed by atoms with Gasteiger partial charge in [0.15, 0.2) is 0 Å². The SMILES string of the molecule is CCN(C)C(=NC)c1ccccc1. The summed E-state index contributed by atoms with van der Waals surface area (Å²) < 4.78 is 0. The summed E-state index contributed by atoms with van der Waals surface area (Å²) in [7, 11) is 3.88. The molecule has 1 aromatic rings. The first-order valence-corrected chi connectivity index (χ1v) is 4.53. The maximum atomic E-state index is 4.27. The molecule has 70 valence electrons. The molecule has 0 saturated heterocycles. The molecule has 0 unspecified atom stereocenters. The Balaban J connectivity index is 2.93. The van der Waals surface area contributed by atoms with Crippen molar-refractivity contribution in [1.29, 1.82) is 0 Å². The molecule has 0 N–H and O–H groups in total. The highest BCUT2D eigenvalue weighted by Crippen LogP contribution is 2.03. The van der Waals surface area contributed by atoms with Gasteiger partial charge in [0.1, 0.15) is 5.84 Å². The van der Waals surface area contributed by atoms with Crippen molar-refractivity contribution >= 4 is 5.84 Å². The maximum Gasteiger partial charge on any atom is 0.130 e. The summed E-state index contributed by atoms with van der Waals surface area (Å²) >= 11 is 0. The minimum Gasteiger partial charge on any atom is -0.360 e. The van der Waals surface area contributed by atoms with E-state index in [1.165, 1.54) is 5.56 Å². The van der Waals surface area contributed by atoms with Crippen LogP contribution in [0.15, 0.2) is 35.3 Å². The Morgan fingerprint density at radius 2 is 1.92 bits per heavy atom. The Hall–Kier alpha value is -1.31. The van der Waals surface area contributed by atoms with Crippen molar-refractivity contribution < 1.29 is 0 Å².